The van der Waals surface area contributed by atoms with Gasteiger partial charge in [-0.05, 0) is 43.2 Å². The van der Waals surface area contributed by atoms with Gasteiger partial charge in [0.15, 0.2) is 0 Å². The standard InChI is InChI=1S/C20H22F3N3O5S2/c21-20(22,23)17-9-8-16(32(28,29)15-6-2-1-3-7-15)14-18(17)33(30,31)25-11-10-24-19(27)26-12-4-5-13-26/h1-3,6-9,14,25H,4-5,10-13H2,(H,24,27). The fraction of sp³-hybridized carbons (Fsp3) is 0.350. The zero-order valence-corrected chi connectivity index (χ0v) is 18.9. The van der Waals surface area contributed by atoms with Crippen LogP contribution in [-0.4, -0.2) is 53.9 Å². The van der Waals surface area contributed by atoms with Gasteiger partial charge in [-0.25, -0.2) is 26.4 Å². The number of nitrogens with one attached hydrogen (secondary N) is 2. The van der Waals surface area contributed by atoms with Crippen molar-refractivity contribution < 1.29 is 34.8 Å². The number of rotatable bonds is 7. The summed E-state index contributed by atoms with van der Waals surface area (Å²) in [6.07, 6.45) is -3.31. The summed E-state index contributed by atoms with van der Waals surface area (Å²) in [5, 5.41) is 2.49. The van der Waals surface area contributed by atoms with Crippen molar-refractivity contribution in [1.82, 2.24) is 14.9 Å². The minimum absolute atomic E-state index is 0.155. The van der Waals surface area contributed by atoms with Gasteiger partial charge in [0.1, 0.15) is 0 Å². The second-order valence-corrected chi connectivity index (χ2v) is 11.0. The zero-order valence-electron chi connectivity index (χ0n) is 17.3. The van der Waals surface area contributed by atoms with Crippen LogP contribution < -0.4 is 10.0 Å². The van der Waals surface area contributed by atoms with Crippen molar-refractivity contribution in [2.24, 2.45) is 0 Å². The Kier molecular flexibility index (Phi) is 7.34. The lowest BCUT2D eigenvalue weighted by Crippen LogP contribution is -2.41. The van der Waals surface area contributed by atoms with Crippen LogP contribution in [0.4, 0.5) is 18.0 Å². The van der Waals surface area contributed by atoms with Gasteiger partial charge in [0.2, 0.25) is 19.9 Å². The molecule has 2 N–H and O–H groups in total. The van der Waals surface area contributed by atoms with Gasteiger partial charge in [-0.2, -0.15) is 13.2 Å². The van der Waals surface area contributed by atoms with Gasteiger partial charge >= 0.3 is 12.2 Å². The van der Waals surface area contributed by atoms with Crippen LogP contribution in [0.3, 0.4) is 0 Å². The Morgan fingerprint density at radius 3 is 2.15 bits per heavy atom. The number of amides is 2. The number of carbonyl (C=O) groups is 1. The van der Waals surface area contributed by atoms with Crippen molar-refractivity contribution in [3.05, 3.63) is 54.1 Å². The molecule has 1 aliphatic heterocycles. The van der Waals surface area contributed by atoms with E-state index in [0.717, 1.165) is 18.9 Å². The van der Waals surface area contributed by atoms with Gasteiger partial charge in [0.05, 0.1) is 20.2 Å². The second kappa shape index (κ2) is 9.69. The average molecular weight is 506 g/mol. The molecule has 0 bridgehead atoms. The van der Waals surface area contributed by atoms with Gasteiger partial charge in [-0.1, -0.05) is 18.2 Å². The summed E-state index contributed by atoms with van der Waals surface area (Å²) >= 11 is 0. The molecular formula is C20H22F3N3O5S2. The Hall–Kier alpha value is -2.64. The summed E-state index contributed by atoms with van der Waals surface area (Å²) < 4.78 is 93.4. The number of likely N-dealkylation sites (tertiary alicyclic amines) is 1. The molecule has 0 aromatic heterocycles. The SMILES string of the molecule is O=C(NCCNS(=O)(=O)c1cc(S(=O)(=O)c2ccccc2)ccc1C(F)(F)F)N1CCCC1. The Bertz CT molecular complexity index is 1210. The maximum Gasteiger partial charge on any atom is 0.417 e. The highest BCUT2D eigenvalue weighted by atomic mass is 32.2. The molecule has 1 fully saturated rings. The summed E-state index contributed by atoms with van der Waals surface area (Å²) in [7, 11) is -9.01. The van der Waals surface area contributed by atoms with Crippen LogP contribution in [0, 0.1) is 0 Å². The predicted molar refractivity (Wildman–Crippen MR) is 113 cm³/mol. The molecule has 2 aromatic rings. The van der Waals surface area contributed by atoms with Crippen LogP contribution in [0.5, 0.6) is 0 Å². The zero-order chi connectivity index (χ0) is 24.3. The first kappa shape index (κ1) is 25.0. The summed E-state index contributed by atoms with van der Waals surface area (Å²) in [4.78, 5) is 11.5. The Labute approximate surface area is 189 Å². The first-order valence-electron chi connectivity index (χ1n) is 9.97. The highest BCUT2D eigenvalue weighted by Crippen LogP contribution is 2.36. The predicted octanol–water partition coefficient (Wildman–Crippen LogP) is 2.62. The third-order valence-electron chi connectivity index (χ3n) is 5.00. The van der Waals surface area contributed by atoms with E-state index in [2.05, 4.69) is 5.32 Å². The molecule has 3 rings (SSSR count). The summed E-state index contributed by atoms with van der Waals surface area (Å²) in [6, 6.07) is 8.20. The molecule has 2 amide bonds. The molecule has 0 unspecified atom stereocenters. The highest BCUT2D eigenvalue weighted by Gasteiger charge is 2.38. The average Bonchev–Trinajstić information content (AvgIpc) is 3.31. The van der Waals surface area contributed by atoms with E-state index in [1.54, 1.807) is 11.0 Å². The minimum Gasteiger partial charge on any atom is -0.337 e. The van der Waals surface area contributed by atoms with Crippen molar-refractivity contribution in [3.8, 4) is 0 Å². The molecule has 0 spiro atoms. The first-order valence-corrected chi connectivity index (χ1v) is 12.9. The largest absolute Gasteiger partial charge is 0.417 e. The number of halogens is 3. The Morgan fingerprint density at radius 1 is 0.909 bits per heavy atom. The Balaban J connectivity index is 1.84. The lowest BCUT2D eigenvalue weighted by molar-refractivity contribution is -0.139. The number of sulfone groups is 1. The van der Waals surface area contributed by atoms with Crippen LogP contribution in [0.2, 0.25) is 0 Å². The first-order chi connectivity index (χ1) is 15.4. The van der Waals surface area contributed by atoms with Crippen molar-refractivity contribution in [1.29, 1.82) is 0 Å². The number of hydrogen-bond donors (Lipinski definition) is 2. The van der Waals surface area contributed by atoms with Crippen molar-refractivity contribution in [2.45, 2.75) is 33.7 Å². The number of carbonyl (C=O) groups excluding carboxylic acids is 1. The molecular weight excluding hydrogens is 483 g/mol. The summed E-state index contributed by atoms with van der Waals surface area (Å²) in [5.74, 6) is 0. The molecule has 33 heavy (non-hydrogen) atoms. The topological polar surface area (TPSA) is 113 Å². The lowest BCUT2D eigenvalue weighted by atomic mass is 10.2. The monoisotopic (exact) mass is 505 g/mol. The lowest BCUT2D eigenvalue weighted by Gasteiger charge is -2.17. The minimum atomic E-state index is -5.04. The van der Waals surface area contributed by atoms with Crippen molar-refractivity contribution >= 4 is 25.9 Å². The Morgan fingerprint density at radius 2 is 1.55 bits per heavy atom. The maximum atomic E-state index is 13.5. The van der Waals surface area contributed by atoms with Crippen molar-refractivity contribution in [2.75, 3.05) is 26.2 Å². The fourth-order valence-electron chi connectivity index (χ4n) is 3.33. The van der Waals surface area contributed by atoms with Gasteiger partial charge in [0.25, 0.3) is 0 Å². The van der Waals surface area contributed by atoms with E-state index >= 15 is 0 Å². The van der Waals surface area contributed by atoms with Gasteiger partial charge < -0.3 is 10.2 Å². The fourth-order valence-corrected chi connectivity index (χ4v) is 5.99. The maximum absolute atomic E-state index is 13.5. The molecule has 180 valence electrons. The van der Waals surface area contributed by atoms with Crippen LogP contribution in [0.15, 0.2) is 63.2 Å². The molecule has 1 aliphatic rings. The highest BCUT2D eigenvalue weighted by molar-refractivity contribution is 7.91. The summed E-state index contributed by atoms with van der Waals surface area (Å²) in [5.41, 5.74) is -1.50. The second-order valence-electron chi connectivity index (χ2n) is 7.30. The smallest absolute Gasteiger partial charge is 0.337 e. The molecule has 13 heteroatoms. The molecule has 2 aromatic carbocycles. The van der Waals surface area contributed by atoms with E-state index in [9.17, 15) is 34.8 Å². The molecule has 8 nitrogen and oxygen atoms in total. The molecule has 0 saturated carbocycles. The number of benzene rings is 2. The van der Waals surface area contributed by atoms with Crippen LogP contribution in [-0.2, 0) is 26.0 Å². The number of urea groups is 1. The van der Waals surface area contributed by atoms with E-state index in [4.69, 9.17) is 0 Å². The van der Waals surface area contributed by atoms with Gasteiger partial charge in [-0.3, -0.25) is 0 Å². The molecule has 0 radical (unpaired) electrons. The summed E-state index contributed by atoms with van der Waals surface area (Å²) in [6.45, 7) is 0.622. The van der Waals surface area contributed by atoms with Crippen molar-refractivity contribution in [3.63, 3.8) is 0 Å². The third-order valence-corrected chi connectivity index (χ3v) is 8.27. The van der Waals surface area contributed by atoms with Gasteiger partial charge in [0, 0.05) is 26.2 Å². The van der Waals surface area contributed by atoms with E-state index in [0.29, 0.717) is 25.2 Å². The van der Waals surface area contributed by atoms with E-state index in [1.807, 2.05) is 4.72 Å². The van der Waals surface area contributed by atoms with Crippen LogP contribution in [0.25, 0.3) is 0 Å². The third kappa shape index (κ3) is 5.84. The van der Waals surface area contributed by atoms with Gasteiger partial charge in [-0.15, -0.1) is 0 Å². The van der Waals surface area contributed by atoms with E-state index < -0.39 is 47.4 Å². The normalized spacial score (nSPS) is 14.9. The van der Waals surface area contributed by atoms with Crippen LogP contribution >= 0.6 is 0 Å². The number of alkyl halides is 3. The van der Waals surface area contributed by atoms with E-state index in [-0.39, 0.29) is 18.0 Å². The molecule has 1 heterocycles. The number of nitrogens with zero attached hydrogens (tertiary/aromatic N) is 1. The molecule has 1 saturated heterocycles. The molecule has 0 aliphatic carbocycles. The molecule has 0 atom stereocenters. The number of hydrogen-bond acceptors (Lipinski definition) is 5. The quantitative estimate of drug-likeness (QED) is 0.562. The van der Waals surface area contributed by atoms with E-state index in [1.165, 1.54) is 24.3 Å². The van der Waals surface area contributed by atoms with Crippen LogP contribution in [0.1, 0.15) is 18.4 Å². The number of sulfonamides is 1.